The minimum absolute atomic E-state index is 0.0414. The molecule has 2 heterocycles. The predicted octanol–water partition coefficient (Wildman–Crippen LogP) is 3.28. The largest absolute Gasteiger partial charge is 0.458 e. The molecule has 6 rings (SSSR count). The molecule has 4 aliphatic carbocycles. The first-order valence-electron chi connectivity index (χ1n) is 12.1. The minimum atomic E-state index is -1.23. The van der Waals surface area contributed by atoms with Crippen LogP contribution in [-0.2, 0) is 33.3 Å². The second kappa shape index (κ2) is 6.61. The Hall–Kier alpha value is -1.54. The fourth-order valence-corrected chi connectivity index (χ4v) is 8.99. The summed E-state index contributed by atoms with van der Waals surface area (Å²) in [6.45, 7) is 8.82. The molecule has 6 aliphatic rings. The number of carbonyl (C=O) groups is 3. The van der Waals surface area contributed by atoms with Crippen LogP contribution in [0.5, 0.6) is 0 Å². The van der Waals surface area contributed by atoms with Crippen LogP contribution in [0.4, 0.5) is 0 Å². The van der Waals surface area contributed by atoms with Crippen molar-refractivity contribution in [1.29, 1.82) is 0 Å². The van der Waals surface area contributed by atoms with Crippen molar-refractivity contribution in [3.8, 4) is 0 Å². The highest BCUT2D eigenvalue weighted by Gasteiger charge is 2.85. The lowest BCUT2D eigenvalue weighted by molar-refractivity contribution is -0.212. The molecule has 3 saturated carbocycles. The number of halogens is 1. The summed E-state index contributed by atoms with van der Waals surface area (Å²) in [5, 5.41) is -0.298. The number of esters is 1. The lowest BCUT2D eigenvalue weighted by Crippen LogP contribution is -2.64. The maximum atomic E-state index is 13.8. The van der Waals surface area contributed by atoms with Gasteiger partial charge in [0.15, 0.2) is 23.8 Å². The number of hydrogen-bond acceptors (Lipinski definition) is 7. The van der Waals surface area contributed by atoms with Crippen molar-refractivity contribution >= 4 is 29.1 Å². The van der Waals surface area contributed by atoms with Crippen molar-refractivity contribution in [2.24, 2.45) is 22.7 Å². The van der Waals surface area contributed by atoms with E-state index in [4.69, 9.17) is 30.5 Å². The predicted molar refractivity (Wildman–Crippen MR) is 121 cm³/mol. The molecule has 0 aromatic rings. The van der Waals surface area contributed by atoms with E-state index in [0.717, 1.165) is 5.57 Å². The summed E-state index contributed by atoms with van der Waals surface area (Å²) in [5.74, 6) is -1.61. The molecule has 7 nitrogen and oxygen atoms in total. The highest BCUT2D eigenvalue weighted by atomic mass is 35.5. The van der Waals surface area contributed by atoms with Crippen molar-refractivity contribution in [2.45, 2.75) is 88.5 Å². The zero-order valence-corrected chi connectivity index (χ0v) is 20.9. The van der Waals surface area contributed by atoms with Crippen LogP contribution in [0, 0.1) is 22.7 Å². The second-order valence-electron chi connectivity index (χ2n) is 11.8. The molecule has 9 atom stereocenters. The normalized spacial score (nSPS) is 51.4. The number of ether oxygens (including phenoxy) is 4. The van der Waals surface area contributed by atoms with Gasteiger partial charge in [0.25, 0.3) is 0 Å². The molecular weight excluding hydrogens is 460 g/mol. The molecule has 0 aromatic carbocycles. The van der Waals surface area contributed by atoms with Gasteiger partial charge in [-0.05, 0) is 69.6 Å². The Morgan fingerprint density at radius 1 is 1.12 bits per heavy atom. The van der Waals surface area contributed by atoms with Crippen molar-refractivity contribution in [2.75, 3.05) is 6.61 Å². The molecule has 0 amide bonds. The van der Waals surface area contributed by atoms with Crippen LogP contribution in [-0.4, -0.2) is 58.7 Å². The fourth-order valence-electron chi connectivity index (χ4n) is 8.51. The Labute approximate surface area is 204 Å². The number of Topliss-reactive ketones (excluding diaryl/α,β-unsaturated/α-hetero) is 1. The van der Waals surface area contributed by atoms with E-state index >= 15 is 0 Å². The maximum absolute atomic E-state index is 13.8. The fraction of sp³-hybridized carbons (Fsp3) is 0.731. The number of allylic oxidation sites excluding steroid dienone is 2. The molecule has 2 saturated heterocycles. The molecule has 0 bridgehead atoms. The summed E-state index contributed by atoms with van der Waals surface area (Å²) in [6.07, 6.45) is 6.64. The smallest absolute Gasteiger partial charge is 0.303 e. The Morgan fingerprint density at radius 3 is 2.56 bits per heavy atom. The first-order chi connectivity index (χ1) is 15.8. The van der Waals surface area contributed by atoms with Crippen molar-refractivity contribution in [1.82, 2.24) is 0 Å². The highest BCUT2D eigenvalue weighted by Crippen LogP contribution is 2.77. The number of ketones is 2. The highest BCUT2D eigenvalue weighted by molar-refractivity contribution is 6.23. The van der Waals surface area contributed by atoms with Crippen LogP contribution >= 0.6 is 11.6 Å². The van der Waals surface area contributed by atoms with Gasteiger partial charge in [-0.2, -0.15) is 0 Å². The minimum Gasteiger partial charge on any atom is -0.458 e. The Bertz CT molecular complexity index is 1080. The van der Waals surface area contributed by atoms with Gasteiger partial charge >= 0.3 is 5.97 Å². The number of rotatable bonds is 3. The average Bonchev–Trinajstić information content (AvgIpc) is 3.32. The lowest BCUT2D eigenvalue weighted by Gasteiger charge is -2.56. The summed E-state index contributed by atoms with van der Waals surface area (Å²) >= 11 is 6.93. The van der Waals surface area contributed by atoms with Crippen molar-refractivity contribution < 1.29 is 33.3 Å². The monoisotopic (exact) mass is 490 g/mol. The zero-order chi connectivity index (χ0) is 24.5. The SMILES string of the molecule is CC(=O)OCC(=O)[C@@]12OC(C)(C)OC1C[C@H]1[C@@H]3C[C@H](Cl)C4=CC(=O)C=C[C@]4(C)[C@@]34O[C@H]4C[C@@]12C. The molecule has 1 unspecified atom stereocenters. The molecule has 0 aromatic heterocycles. The molecular formula is C26H31ClO7. The van der Waals surface area contributed by atoms with Gasteiger partial charge in [0.1, 0.15) is 5.60 Å². The summed E-state index contributed by atoms with van der Waals surface area (Å²) in [5.41, 5.74) is -1.82. The quantitative estimate of drug-likeness (QED) is 0.340. The van der Waals surface area contributed by atoms with E-state index < -0.39 is 39.9 Å². The Kier molecular flexibility index (Phi) is 4.45. The third-order valence-electron chi connectivity index (χ3n) is 9.73. The molecule has 184 valence electrons. The first kappa shape index (κ1) is 22.9. The lowest BCUT2D eigenvalue weighted by atomic mass is 9.46. The number of fused-ring (bicyclic) bond motifs is 5. The number of hydrogen-bond donors (Lipinski definition) is 0. The third-order valence-corrected chi connectivity index (χ3v) is 10.1. The van der Waals surface area contributed by atoms with Crippen molar-refractivity contribution in [3.63, 3.8) is 0 Å². The topological polar surface area (TPSA) is 91.4 Å². The number of alkyl halides is 1. The average molecular weight is 491 g/mol. The zero-order valence-electron chi connectivity index (χ0n) is 20.2. The molecule has 34 heavy (non-hydrogen) atoms. The van der Waals surface area contributed by atoms with Gasteiger partial charge in [-0.15, -0.1) is 11.6 Å². The van der Waals surface area contributed by atoms with E-state index in [1.807, 2.05) is 19.9 Å². The summed E-state index contributed by atoms with van der Waals surface area (Å²) in [7, 11) is 0. The van der Waals surface area contributed by atoms with Crippen LogP contribution in [0.15, 0.2) is 23.8 Å². The van der Waals surface area contributed by atoms with E-state index in [9.17, 15) is 14.4 Å². The maximum Gasteiger partial charge on any atom is 0.303 e. The van der Waals surface area contributed by atoms with Crippen LogP contribution in [0.1, 0.15) is 53.9 Å². The molecule has 2 aliphatic heterocycles. The van der Waals surface area contributed by atoms with Gasteiger partial charge < -0.3 is 18.9 Å². The Balaban J connectivity index is 1.43. The molecule has 0 N–H and O–H groups in total. The summed E-state index contributed by atoms with van der Waals surface area (Å²) in [4.78, 5) is 37.4. The third kappa shape index (κ3) is 2.52. The van der Waals surface area contributed by atoms with Gasteiger partial charge in [-0.25, -0.2) is 0 Å². The van der Waals surface area contributed by atoms with E-state index in [1.54, 1.807) is 12.2 Å². The van der Waals surface area contributed by atoms with Crippen LogP contribution in [0.25, 0.3) is 0 Å². The van der Waals surface area contributed by atoms with Gasteiger partial charge in [0.05, 0.1) is 17.6 Å². The standard InChI is InChI=1S/C26H31ClO7/c1-13(28)31-12-19(30)26-20(32-22(2,3)34-26)10-15-16-9-18(27)17-8-14(29)6-7-23(17,4)25(16)21(33-25)11-24(15,26)5/h6-8,15-16,18,20-21H,9-12H2,1-5H3/t15-,16-,18-,20?,21-,23-,24-,25+,26+/m0/s1. The van der Waals surface area contributed by atoms with Gasteiger partial charge in [-0.1, -0.05) is 13.0 Å². The van der Waals surface area contributed by atoms with Crippen LogP contribution in [0.2, 0.25) is 0 Å². The van der Waals surface area contributed by atoms with Crippen LogP contribution in [0.3, 0.4) is 0 Å². The number of epoxide rings is 1. The van der Waals surface area contributed by atoms with E-state index in [-0.39, 0.29) is 41.5 Å². The molecule has 8 heteroatoms. The summed E-state index contributed by atoms with van der Waals surface area (Å²) in [6, 6.07) is 0. The van der Waals surface area contributed by atoms with Crippen LogP contribution < -0.4 is 0 Å². The van der Waals surface area contributed by atoms with Gasteiger partial charge in [0, 0.05) is 17.8 Å². The number of carbonyl (C=O) groups excluding carboxylic acids is 3. The first-order valence-corrected chi connectivity index (χ1v) is 12.6. The second-order valence-corrected chi connectivity index (χ2v) is 12.3. The Morgan fingerprint density at radius 2 is 1.85 bits per heavy atom. The summed E-state index contributed by atoms with van der Waals surface area (Å²) < 4.78 is 24.6. The van der Waals surface area contributed by atoms with E-state index in [2.05, 4.69) is 13.8 Å². The van der Waals surface area contributed by atoms with Crippen molar-refractivity contribution in [3.05, 3.63) is 23.8 Å². The van der Waals surface area contributed by atoms with Gasteiger partial charge in [0.2, 0.25) is 5.78 Å². The molecule has 0 radical (unpaired) electrons. The molecule has 5 fully saturated rings. The van der Waals surface area contributed by atoms with E-state index in [0.29, 0.717) is 19.3 Å². The van der Waals surface area contributed by atoms with Gasteiger partial charge in [-0.3, -0.25) is 14.4 Å². The van der Waals surface area contributed by atoms with E-state index in [1.165, 1.54) is 6.92 Å². The molecule has 1 spiro atoms.